The smallest absolute Gasteiger partial charge is 0.216 e. The third kappa shape index (κ3) is 9.18. The maximum Gasteiger partial charge on any atom is 0.416 e. The van der Waals surface area contributed by atoms with Crippen LogP contribution in [0, 0.1) is 0 Å². The predicted octanol–water partition coefficient (Wildman–Crippen LogP) is 7.70. The normalized spacial score (nSPS) is 13.5. The largest absolute Gasteiger partial charge is 0.416 e. The van der Waals surface area contributed by atoms with Gasteiger partial charge in [0.05, 0.1) is 10.5 Å². The molecule has 0 aliphatic heterocycles. The minimum Gasteiger partial charge on any atom is -0.216 e. The lowest BCUT2D eigenvalue weighted by molar-refractivity contribution is -0.137. The molecule has 0 fully saturated rings. The lowest BCUT2D eigenvalue weighted by Crippen LogP contribution is -2.21. The van der Waals surface area contributed by atoms with Crippen LogP contribution in [0.5, 0.6) is 0 Å². The molecular formula is C22H37F3O3S2. The lowest BCUT2D eigenvalue weighted by Gasteiger charge is -2.39. The maximum absolute atomic E-state index is 13.0. The van der Waals surface area contributed by atoms with Crippen molar-refractivity contribution in [2.75, 3.05) is 17.3 Å². The van der Waals surface area contributed by atoms with Crippen LogP contribution in [0.15, 0.2) is 29.2 Å². The summed E-state index contributed by atoms with van der Waals surface area (Å²) in [5.41, 5.74) is -0.867. The van der Waals surface area contributed by atoms with Gasteiger partial charge in [0.1, 0.15) is 0 Å². The van der Waals surface area contributed by atoms with E-state index in [1.807, 2.05) is 0 Å². The van der Waals surface area contributed by atoms with E-state index in [2.05, 4.69) is 20.8 Å². The van der Waals surface area contributed by atoms with Gasteiger partial charge >= 0.3 is 16.3 Å². The molecule has 0 unspecified atom stereocenters. The second-order valence-corrected chi connectivity index (χ2v) is 12.8. The van der Waals surface area contributed by atoms with Gasteiger partial charge in [0, 0.05) is 17.3 Å². The molecule has 0 atom stereocenters. The summed E-state index contributed by atoms with van der Waals surface area (Å²) in [5.74, 6) is 2.19. The summed E-state index contributed by atoms with van der Waals surface area (Å²) in [7, 11) is -5.99. The number of hydrogen-bond donors (Lipinski definition) is 0. The number of alkyl halides is 3. The van der Waals surface area contributed by atoms with E-state index in [4.69, 9.17) is 3.63 Å². The van der Waals surface area contributed by atoms with Crippen molar-refractivity contribution >= 4 is 20.4 Å². The van der Waals surface area contributed by atoms with Crippen LogP contribution in [0.1, 0.15) is 84.1 Å². The van der Waals surface area contributed by atoms with Crippen molar-refractivity contribution < 1.29 is 25.2 Å². The first-order valence-corrected chi connectivity index (χ1v) is 14.5. The highest BCUT2D eigenvalue weighted by Crippen LogP contribution is 2.54. The Morgan fingerprint density at radius 1 is 0.733 bits per heavy atom. The van der Waals surface area contributed by atoms with Gasteiger partial charge in [-0.15, -0.1) is 10.3 Å². The van der Waals surface area contributed by atoms with E-state index in [1.54, 1.807) is 0 Å². The van der Waals surface area contributed by atoms with Gasteiger partial charge in [-0.2, -0.15) is 21.6 Å². The summed E-state index contributed by atoms with van der Waals surface area (Å²) < 4.78 is 70.5. The first-order valence-electron chi connectivity index (χ1n) is 11.0. The number of unbranched alkanes of at least 4 members (excludes halogenated alkanes) is 6. The highest BCUT2D eigenvalue weighted by molar-refractivity contribution is 8.33. The molecular weight excluding hydrogens is 433 g/mol. The van der Waals surface area contributed by atoms with E-state index in [9.17, 15) is 21.6 Å². The number of rotatable bonds is 15. The second-order valence-electron chi connectivity index (χ2n) is 7.74. The number of hydrogen-bond acceptors (Lipinski definition) is 3. The average Bonchev–Trinajstić information content (AvgIpc) is 2.68. The van der Waals surface area contributed by atoms with Crippen molar-refractivity contribution in [1.29, 1.82) is 0 Å². The van der Waals surface area contributed by atoms with Gasteiger partial charge in [-0.1, -0.05) is 59.3 Å². The Balaban J connectivity index is 3.14. The van der Waals surface area contributed by atoms with E-state index in [0.29, 0.717) is 0 Å². The Morgan fingerprint density at radius 2 is 1.13 bits per heavy atom. The molecule has 0 N–H and O–H groups in total. The first kappa shape index (κ1) is 27.3. The van der Waals surface area contributed by atoms with Gasteiger partial charge in [-0.05, 0) is 43.5 Å². The monoisotopic (exact) mass is 470 g/mol. The zero-order valence-corrected chi connectivity index (χ0v) is 20.1. The third-order valence-corrected chi connectivity index (χ3v) is 10.9. The van der Waals surface area contributed by atoms with Gasteiger partial charge in [0.15, 0.2) is 0 Å². The van der Waals surface area contributed by atoms with Crippen molar-refractivity contribution in [3.63, 3.8) is 0 Å². The summed E-state index contributed by atoms with van der Waals surface area (Å²) in [5, 5.41) is 0. The van der Waals surface area contributed by atoms with Crippen LogP contribution in [0.4, 0.5) is 13.2 Å². The van der Waals surface area contributed by atoms with Crippen LogP contribution >= 0.6 is 10.3 Å². The van der Waals surface area contributed by atoms with Gasteiger partial charge < -0.3 is 0 Å². The topological polar surface area (TPSA) is 43.4 Å². The zero-order valence-electron chi connectivity index (χ0n) is 18.5. The Kier molecular flexibility index (Phi) is 11.8. The summed E-state index contributed by atoms with van der Waals surface area (Å²) in [6.45, 7) is 6.31. The molecule has 0 radical (unpaired) electrons. The molecule has 0 saturated heterocycles. The first-order chi connectivity index (χ1) is 14.1. The van der Waals surface area contributed by atoms with E-state index in [-0.39, 0.29) is 4.90 Å². The van der Waals surface area contributed by atoms with Crippen LogP contribution < -0.4 is 0 Å². The summed E-state index contributed by atoms with van der Waals surface area (Å²) in [6.07, 6.45) is 4.37. The predicted molar refractivity (Wildman–Crippen MR) is 120 cm³/mol. The third-order valence-electron chi connectivity index (χ3n) is 5.06. The Bertz CT molecular complexity index is 675. The maximum atomic E-state index is 13.0. The van der Waals surface area contributed by atoms with Gasteiger partial charge in [0.25, 0.3) is 0 Å². The molecule has 0 bridgehead atoms. The molecule has 0 heterocycles. The minimum atomic E-state index is -4.50. The second kappa shape index (κ2) is 13.0. The highest BCUT2D eigenvalue weighted by Gasteiger charge is 2.33. The highest BCUT2D eigenvalue weighted by atomic mass is 32.3. The minimum absolute atomic E-state index is 0.200. The molecule has 1 aromatic rings. The molecule has 0 aliphatic carbocycles. The van der Waals surface area contributed by atoms with Crippen molar-refractivity contribution in [3.8, 4) is 0 Å². The quantitative estimate of drug-likeness (QED) is 0.247. The molecule has 0 aromatic heterocycles. The molecule has 30 heavy (non-hydrogen) atoms. The van der Waals surface area contributed by atoms with Crippen molar-refractivity contribution in [1.82, 2.24) is 0 Å². The molecule has 0 spiro atoms. The fourth-order valence-electron chi connectivity index (χ4n) is 3.29. The summed E-state index contributed by atoms with van der Waals surface area (Å²) in [6, 6.07) is 3.62. The Hall–Kier alpha value is -0.730. The van der Waals surface area contributed by atoms with E-state index in [0.717, 1.165) is 99.3 Å². The lowest BCUT2D eigenvalue weighted by atomic mass is 10.2. The fraction of sp³-hybridized carbons (Fsp3) is 0.727. The molecule has 3 nitrogen and oxygen atoms in total. The van der Waals surface area contributed by atoms with Gasteiger partial charge in [-0.3, -0.25) is 0 Å². The standard InChI is InChI=1S/C22H37F3O3S2/c1-4-7-10-17-29(18-11-8-5-2,19-12-9-6-3)28-30(26,27)21-15-13-20(14-16-21)22(23,24)25/h13-16H,4-12,17-19H2,1-3H3. The van der Waals surface area contributed by atoms with Gasteiger partial charge in [-0.25, -0.2) is 3.63 Å². The van der Waals surface area contributed by atoms with Crippen LogP contribution in [0.3, 0.4) is 0 Å². The zero-order chi connectivity index (χ0) is 22.7. The van der Waals surface area contributed by atoms with Gasteiger partial charge in [0.2, 0.25) is 0 Å². The summed E-state index contributed by atoms with van der Waals surface area (Å²) in [4.78, 5) is -0.200. The van der Waals surface area contributed by atoms with E-state index in [1.165, 1.54) is 0 Å². The Morgan fingerprint density at radius 3 is 1.47 bits per heavy atom. The van der Waals surface area contributed by atoms with Crippen LogP contribution in [0.2, 0.25) is 0 Å². The number of benzene rings is 1. The van der Waals surface area contributed by atoms with E-state index >= 15 is 0 Å². The van der Waals surface area contributed by atoms with Crippen LogP contribution in [-0.2, 0) is 19.9 Å². The average molecular weight is 471 g/mol. The fourth-order valence-corrected chi connectivity index (χ4v) is 9.22. The van der Waals surface area contributed by atoms with Crippen molar-refractivity contribution in [2.45, 2.75) is 89.6 Å². The van der Waals surface area contributed by atoms with E-state index < -0.39 is 32.2 Å². The molecule has 1 rings (SSSR count). The van der Waals surface area contributed by atoms with Crippen molar-refractivity contribution in [2.24, 2.45) is 0 Å². The number of halogens is 3. The SMILES string of the molecule is CCCCCS(CCCCC)(CCCCC)OS(=O)(=O)c1ccc(C(F)(F)F)cc1. The van der Waals surface area contributed by atoms with Crippen molar-refractivity contribution in [3.05, 3.63) is 29.8 Å². The summed E-state index contributed by atoms with van der Waals surface area (Å²) >= 11 is 0. The Labute approximate surface area is 182 Å². The molecule has 1 aromatic carbocycles. The van der Waals surface area contributed by atoms with Crippen LogP contribution in [0.25, 0.3) is 0 Å². The molecule has 8 heteroatoms. The molecule has 0 amide bonds. The molecule has 176 valence electrons. The van der Waals surface area contributed by atoms with Crippen LogP contribution in [-0.4, -0.2) is 25.7 Å². The molecule has 0 aliphatic rings. The molecule has 0 saturated carbocycles.